The summed E-state index contributed by atoms with van der Waals surface area (Å²) in [6.45, 7) is 6.22. The number of rotatable bonds is 2. The van der Waals surface area contributed by atoms with Crippen molar-refractivity contribution in [1.82, 2.24) is 9.80 Å². The molecule has 2 atom stereocenters. The normalized spacial score (nSPS) is 32.1. The zero-order valence-electron chi connectivity index (χ0n) is 12.4. The highest BCUT2D eigenvalue weighted by Crippen LogP contribution is 2.33. The molecule has 0 spiro atoms. The van der Waals surface area contributed by atoms with Crippen LogP contribution >= 0.6 is 0 Å². The van der Waals surface area contributed by atoms with E-state index in [0.717, 1.165) is 32.2 Å². The van der Waals surface area contributed by atoms with Crippen molar-refractivity contribution in [3.05, 3.63) is 0 Å². The van der Waals surface area contributed by atoms with E-state index in [9.17, 15) is 9.59 Å². The fourth-order valence-electron chi connectivity index (χ4n) is 3.86. The Balaban J connectivity index is 1.90. The smallest absolute Gasteiger partial charge is 0.246 e. The third-order valence-corrected chi connectivity index (χ3v) is 4.84. The molecule has 0 saturated carbocycles. The number of hydrogen-bond donors (Lipinski definition) is 0. The minimum absolute atomic E-state index is 0.161. The highest BCUT2D eigenvalue weighted by Gasteiger charge is 2.50. The summed E-state index contributed by atoms with van der Waals surface area (Å²) < 4.78 is 5.40. The fraction of sp³-hybridized carbons (Fsp3) is 0.867. The molecule has 3 saturated heterocycles. The largest absolute Gasteiger partial charge is 0.381 e. The van der Waals surface area contributed by atoms with E-state index in [1.807, 2.05) is 23.6 Å². The number of amides is 2. The predicted molar refractivity (Wildman–Crippen MR) is 74.0 cm³/mol. The number of hydrogen-bond acceptors (Lipinski definition) is 3. The molecule has 3 heterocycles. The Morgan fingerprint density at radius 1 is 1.10 bits per heavy atom. The first-order chi connectivity index (χ1) is 9.61. The van der Waals surface area contributed by atoms with E-state index in [0.29, 0.717) is 13.2 Å². The highest BCUT2D eigenvalue weighted by molar-refractivity contribution is 5.97. The Kier molecular flexibility index (Phi) is 3.71. The van der Waals surface area contributed by atoms with Gasteiger partial charge < -0.3 is 14.5 Å². The van der Waals surface area contributed by atoms with Gasteiger partial charge >= 0.3 is 0 Å². The third-order valence-electron chi connectivity index (χ3n) is 4.84. The Morgan fingerprint density at radius 2 is 1.80 bits per heavy atom. The molecule has 2 amide bonds. The second-order valence-electron chi connectivity index (χ2n) is 6.47. The van der Waals surface area contributed by atoms with Crippen LogP contribution in [-0.4, -0.2) is 59.5 Å². The number of nitrogens with zero attached hydrogens (tertiary/aromatic N) is 2. The summed E-state index contributed by atoms with van der Waals surface area (Å²) >= 11 is 0. The van der Waals surface area contributed by atoms with Gasteiger partial charge in [0, 0.05) is 25.8 Å². The molecule has 0 bridgehead atoms. The molecule has 3 aliphatic heterocycles. The summed E-state index contributed by atoms with van der Waals surface area (Å²) in [5.74, 6) is 0.497. The van der Waals surface area contributed by atoms with Gasteiger partial charge in [-0.3, -0.25) is 9.59 Å². The van der Waals surface area contributed by atoms with Crippen molar-refractivity contribution >= 4 is 11.8 Å². The van der Waals surface area contributed by atoms with Crippen molar-refractivity contribution in [3.63, 3.8) is 0 Å². The summed E-state index contributed by atoms with van der Waals surface area (Å²) in [5, 5.41) is 0. The maximum atomic E-state index is 12.9. The van der Waals surface area contributed by atoms with Crippen LogP contribution in [0.1, 0.15) is 39.5 Å². The van der Waals surface area contributed by atoms with Crippen LogP contribution < -0.4 is 0 Å². The maximum absolute atomic E-state index is 12.9. The highest BCUT2D eigenvalue weighted by atomic mass is 16.5. The summed E-state index contributed by atoms with van der Waals surface area (Å²) in [5.41, 5.74) is 0. The molecule has 0 N–H and O–H groups in total. The molecule has 0 aromatic rings. The van der Waals surface area contributed by atoms with Crippen molar-refractivity contribution in [3.8, 4) is 0 Å². The molecule has 0 aromatic heterocycles. The van der Waals surface area contributed by atoms with Crippen LogP contribution in [0.2, 0.25) is 0 Å². The van der Waals surface area contributed by atoms with Crippen LogP contribution in [0, 0.1) is 5.92 Å². The molecule has 5 heteroatoms. The molecule has 0 radical (unpaired) electrons. The van der Waals surface area contributed by atoms with Crippen molar-refractivity contribution < 1.29 is 14.3 Å². The van der Waals surface area contributed by atoms with E-state index in [1.54, 1.807) is 0 Å². The Hall–Kier alpha value is -1.10. The lowest BCUT2D eigenvalue weighted by molar-refractivity contribution is -0.166. The van der Waals surface area contributed by atoms with Gasteiger partial charge in [-0.05, 0) is 31.6 Å². The number of ether oxygens (including phenoxy) is 1. The standard InChI is InChI=1S/C15H24N2O3/c1-10(2)13-15(19)16-7-3-4-12(16)14(18)17(13)11-5-8-20-9-6-11/h10-13H,3-9H2,1-2H3. The molecular weight excluding hydrogens is 256 g/mol. The van der Waals surface area contributed by atoms with Crippen LogP contribution in [0.15, 0.2) is 0 Å². The molecule has 2 unspecified atom stereocenters. The average Bonchev–Trinajstić information content (AvgIpc) is 2.93. The van der Waals surface area contributed by atoms with Gasteiger partial charge in [0.1, 0.15) is 12.1 Å². The summed E-state index contributed by atoms with van der Waals surface area (Å²) in [6.07, 6.45) is 3.49. The van der Waals surface area contributed by atoms with Gasteiger partial charge in [-0.1, -0.05) is 13.8 Å². The topological polar surface area (TPSA) is 49.9 Å². The monoisotopic (exact) mass is 280 g/mol. The molecule has 3 fully saturated rings. The predicted octanol–water partition coefficient (Wildman–Crippen LogP) is 1.02. The Labute approximate surface area is 120 Å². The zero-order valence-corrected chi connectivity index (χ0v) is 12.4. The molecule has 20 heavy (non-hydrogen) atoms. The van der Waals surface area contributed by atoms with E-state index in [1.165, 1.54) is 0 Å². The first-order valence-corrected chi connectivity index (χ1v) is 7.81. The Morgan fingerprint density at radius 3 is 2.45 bits per heavy atom. The third kappa shape index (κ3) is 2.12. The lowest BCUT2D eigenvalue weighted by atomic mass is 9.92. The van der Waals surface area contributed by atoms with Gasteiger partial charge in [-0.25, -0.2) is 0 Å². The van der Waals surface area contributed by atoms with Crippen molar-refractivity contribution in [2.24, 2.45) is 5.92 Å². The van der Waals surface area contributed by atoms with Crippen LogP contribution in [0.25, 0.3) is 0 Å². The minimum atomic E-state index is -0.278. The lowest BCUT2D eigenvalue weighted by Gasteiger charge is -2.48. The quantitative estimate of drug-likeness (QED) is 0.759. The van der Waals surface area contributed by atoms with Crippen LogP contribution in [0.5, 0.6) is 0 Å². The molecule has 3 aliphatic rings. The molecule has 112 valence electrons. The van der Waals surface area contributed by atoms with E-state index in [2.05, 4.69) is 0 Å². The molecule has 5 nitrogen and oxygen atoms in total. The van der Waals surface area contributed by atoms with Gasteiger partial charge in [0.25, 0.3) is 0 Å². The minimum Gasteiger partial charge on any atom is -0.381 e. The average molecular weight is 280 g/mol. The SMILES string of the molecule is CC(C)C1C(=O)N2CCCC2C(=O)N1C1CCOCC1. The first kappa shape index (κ1) is 13.9. The Bertz CT molecular complexity index is 404. The van der Waals surface area contributed by atoms with Gasteiger partial charge in [-0.15, -0.1) is 0 Å². The number of fused-ring (bicyclic) bond motifs is 1. The maximum Gasteiger partial charge on any atom is 0.246 e. The van der Waals surface area contributed by atoms with Crippen LogP contribution in [0.4, 0.5) is 0 Å². The number of piperazine rings is 1. The zero-order chi connectivity index (χ0) is 14.3. The van der Waals surface area contributed by atoms with Gasteiger partial charge in [0.2, 0.25) is 11.8 Å². The van der Waals surface area contributed by atoms with Gasteiger partial charge in [0.15, 0.2) is 0 Å². The lowest BCUT2D eigenvalue weighted by Crippen LogP contribution is -2.67. The van der Waals surface area contributed by atoms with Crippen molar-refractivity contribution in [1.29, 1.82) is 0 Å². The molecule has 3 rings (SSSR count). The molecule has 0 aliphatic carbocycles. The number of carbonyl (C=O) groups excluding carboxylic acids is 2. The fourth-order valence-corrected chi connectivity index (χ4v) is 3.86. The first-order valence-electron chi connectivity index (χ1n) is 7.81. The summed E-state index contributed by atoms with van der Waals surface area (Å²) in [4.78, 5) is 29.3. The van der Waals surface area contributed by atoms with Gasteiger partial charge in [0.05, 0.1) is 0 Å². The van der Waals surface area contributed by atoms with E-state index >= 15 is 0 Å². The van der Waals surface area contributed by atoms with Crippen LogP contribution in [-0.2, 0) is 14.3 Å². The van der Waals surface area contributed by atoms with E-state index < -0.39 is 0 Å². The molecule has 0 aromatic carbocycles. The second-order valence-corrected chi connectivity index (χ2v) is 6.47. The second kappa shape index (κ2) is 5.35. The van der Waals surface area contributed by atoms with E-state index in [4.69, 9.17) is 4.74 Å². The van der Waals surface area contributed by atoms with Gasteiger partial charge in [-0.2, -0.15) is 0 Å². The van der Waals surface area contributed by atoms with Crippen molar-refractivity contribution in [2.75, 3.05) is 19.8 Å². The van der Waals surface area contributed by atoms with Crippen molar-refractivity contribution in [2.45, 2.75) is 57.7 Å². The van der Waals surface area contributed by atoms with Crippen LogP contribution in [0.3, 0.4) is 0 Å². The number of carbonyl (C=O) groups is 2. The molecular formula is C15H24N2O3. The van der Waals surface area contributed by atoms with E-state index in [-0.39, 0.29) is 35.9 Å². The summed E-state index contributed by atoms with van der Waals surface area (Å²) in [7, 11) is 0. The summed E-state index contributed by atoms with van der Waals surface area (Å²) in [6, 6.07) is -0.296.